The lowest BCUT2D eigenvalue weighted by molar-refractivity contribution is -0.149. The van der Waals surface area contributed by atoms with Crippen LogP contribution in [0.5, 0.6) is 0 Å². The Balaban J connectivity index is 2.12. The number of benzene rings is 2. The molecule has 0 saturated heterocycles. The van der Waals surface area contributed by atoms with Gasteiger partial charge in [-0.05, 0) is 56.2 Å². The minimum Gasteiger partial charge on any atom is -0.466 e. The molecule has 28 heavy (non-hydrogen) atoms. The van der Waals surface area contributed by atoms with Crippen LogP contribution in [0.15, 0.2) is 51.8 Å². The monoisotopic (exact) mass is 465 g/mol. The molecule has 3 rings (SSSR count). The van der Waals surface area contributed by atoms with Crippen molar-refractivity contribution in [3.05, 3.63) is 58.1 Å². The summed E-state index contributed by atoms with van der Waals surface area (Å²) in [7, 11) is -4.12. The fraction of sp³-hybridized carbons (Fsp3) is 0.300. The van der Waals surface area contributed by atoms with Crippen LogP contribution >= 0.6 is 15.9 Å². The van der Waals surface area contributed by atoms with Crippen molar-refractivity contribution in [2.45, 2.75) is 31.6 Å². The molecule has 1 amide bonds. The summed E-state index contributed by atoms with van der Waals surface area (Å²) in [5, 5.41) is 0. The normalized spacial score (nSPS) is 17.0. The van der Waals surface area contributed by atoms with E-state index in [4.69, 9.17) is 4.74 Å². The summed E-state index contributed by atoms with van der Waals surface area (Å²) in [4.78, 5) is 25.3. The smallest absolute Gasteiger partial charge is 0.309 e. The molecule has 0 N–H and O–H groups in total. The summed E-state index contributed by atoms with van der Waals surface area (Å²) in [5.41, 5.74) is 1.77. The Labute approximate surface area is 172 Å². The number of sulfonamides is 1. The number of ether oxygens (including phenoxy) is 1. The van der Waals surface area contributed by atoms with Crippen molar-refractivity contribution < 1.29 is 22.7 Å². The molecule has 0 saturated carbocycles. The highest BCUT2D eigenvalue weighted by Crippen LogP contribution is 2.35. The van der Waals surface area contributed by atoms with Crippen molar-refractivity contribution in [1.29, 1.82) is 0 Å². The molecule has 0 spiro atoms. The first-order valence-electron chi connectivity index (χ1n) is 8.84. The first kappa shape index (κ1) is 20.5. The lowest BCUT2D eigenvalue weighted by Crippen LogP contribution is -2.37. The van der Waals surface area contributed by atoms with Crippen molar-refractivity contribution in [1.82, 2.24) is 0 Å². The van der Waals surface area contributed by atoms with Crippen molar-refractivity contribution in [3.8, 4) is 0 Å². The molecule has 8 heteroatoms. The number of anilines is 1. The molecule has 0 aromatic heterocycles. The van der Waals surface area contributed by atoms with Crippen LogP contribution < -0.4 is 4.31 Å². The molecule has 1 aliphatic heterocycles. The third-order valence-corrected chi connectivity index (χ3v) is 6.80. The summed E-state index contributed by atoms with van der Waals surface area (Å²) in [5.74, 6) is -1.89. The number of hydrogen-bond acceptors (Lipinski definition) is 5. The quantitative estimate of drug-likeness (QED) is 0.644. The van der Waals surface area contributed by atoms with E-state index in [-0.39, 0.29) is 30.0 Å². The highest BCUT2D eigenvalue weighted by atomic mass is 79.9. The predicted molar refractivity (Wildman–Crippen MR) is 108 cm³/mol. The predicted octanol–water partition coefficient (Wildman–Crippen LogP) is 3.60. The van der Waals surface area contributed by atoms with Crippen molar-refractivity contribution in [3.63, 3.8) is 0 Å². The topological polar surface area (TPSA) is 80.8 Å². The Morgan fingerprint density at radius 3 is 2.50 bits per heavy atom. The van der Waals surface area contributed by atoms with E-state index in [0.29, 0.717) is 5.56 Å². The SMILES string of the molecule is CCOC(=O)C1CC(=O)N(S(=O)(=O)c2ccc(C)cc2)c2ccc(Br)cc2C1. The number of rotatable bonds is 4. The molecule has 6 nitrogen and oxygen atoms in total. The lowest BCUT2D eigenvalue weighted by atomic mass is 9.97. The highest BCUT2D eigenvalue weighted by molar-refractivity contribution is 9.10. The van der Waals surface area contributed by atoms with E-state index in [1.807, 2.05) is 6.92 Å². The van der Waals surface area contributed by atoms with Gasteiger partial charge in [0.05, 0.1) is 23.1 Å². The molecule has 148 valence electrons. The maximum absolute atomic E-state index is 13.3. The number of carbonyl (C=O) groups is 2. The molecule has 2 aromatic carbocycles. The van der Waals surface area contributed by atoms with Gasteiger partial charge in [0, 0.05) is 10.9 Å². The molecular weight excluding hydrogens is 446 g/mol. The van der Waals surface area contributed by atoms with Gasteiger partial charge in [0.1, 0.15) is 0 Å². The van der Waals surface area contributed by atoms with Gasteiger partial charge in [0.25, 0.3) is 10.0 Å². The fourth-order valence-corrected chi connectivity index (χ4v) is 5.07. The summed E-state index contributed by atoms with van der Waals surface area (Å²) in [6.45, 7) is 3.74. The Hall–Kier alpha value is -2.19. The number of halogens is 1. The van der Waals surface area contributed by atoms with E-state index in [1.54, 1.807) is 37.3 Å². The molecule has 0 aliphatic carbocycles. The van der Waals surface area contributed by atoms with Crippen LogP contribution in [0.25, 0.3) is 0 Å². The molecule has 2 aromatic rings. The largest absolute Gasteiger partial charge is 0.466 e. The van der Waals surface area contributed by atoms with E-state index >= 15 is 0 Å². The van der Waals surface area contributed by atoms with E-state index in [2.05, 4.69) is 15.9 Å². The number of hydrogen-bond donors (Lipinski definition) is 0. The number of esters is 1. The average molecular weight is 466 g/mol. The van der Waals surface area contributed by atoms with Gasteiger partial charge in [-0.2, -0.15) is 0 Å². The van der Waals surface area contributed by atoms with E-state index < -0.39 is 27.8 Å². The molecule has 1 heterocycles. The second kappa shape index (κ2) is 8.05. The van der Waals surface area contributed by atoms with Gasteiger partial charge in [-0.3, -0.25) is 9.59 Å². The molecule has 0 bridgehead atoms. The van der Waals surface area contributed by atoms with Gasteiger partial charge in [0.2, 0.25) is 5.91 Å². The minimum absolute atomic E-state index is 0.0231. The molecule has 0 fully saturated rings. The Bertz CT molecular complexity index is 1020. The standard InChI is InChI=1S/C20H20BrNO5S/c1-3-27-20(24)15-10-14-11-16(21)6-9-18(14)22(19(23)12-15)28(25,26)17-7-4-13(2)5-8-17/h4-9,11,15H,3,10,12H2,1-2H3. The molecule has 1 atom stereocenters. The Morgan fingerprint density at radius 2 is 1.86 bits per heavy atom. The Morgan fingerprint density at radius 1 is 1.18 bits per heavy atom. The summed E-state index contributed by atoms with van der Waals surface area (Å²) >= 11 is 3.37. The number of nitrogens with zero attached hydrogens (tertiary/aromatic N) is 1. The third kappa shape index (κ3) is 3.98. The molecule has 1 aliphatic rings. The van der Waals surface area contributed by atoms with E-state index in [1.165, 1.54) is 12.1 Å². The van der Waals surface area contributed by atoms with Crippen LogP contribution in [-0.2, 0) is 30.8 Å². The maximum Gasteiger partial charge on any atom is 0.309 e. The fourth-order valence-electron chi connectivity index (χ4n) is 3.19. The van der Waals surface area contributed by atoms with Gasteiger partial charge in [-0.15, -0.1) is 0 Å². The average Bonchev–Trinajstić information content (AvgIpc) is 2.78. The zero-order valence-electron chi connectivity index (χ0n) is 15.5. The van der Waals surface area contributed by atoms with Crippen molar-refractivity contribution >= 4 is 43.5 Å². The van der Waals surface area contributed by atoms with Gasteiger partial charge < -0.3 is 4.74 Å². The third-order valence-electron chi connectivity index (χ3n) is 4.55. The van der Waals surface area contributed by atoms with Crippen LogP contribution in [0.2, 0.25) is 0 Å². The second-order valence-corrected chi connectivity index (χ2v) is 9.31. The number of aryl methyl sites for hydroxylation is 1. The summed E-state index contributed by atoms with van der Waals surface area (Å²) < 4.78 is 33.2. The first-order chi connectivity index (χ1) is 13.2. The number of carbonyl (C=O) groups excluding carboxylic acids is 2. The van der Waals surface area contributed by atoms with Gasteiger partial charge in [-0.1, -0.05) is 33.6 Å². The van der Waals surface area contributed by atoms with Gasteiger partial charge in [0.15, 0.2) is 0 Å². The zero-order valence-corrected chi connectivity index (χ0v) is 17.9. The number of amides is 1. The van der Waals surface area contributed by atoms with Crippen molar-refractivity contribution in [2.24, 2.45) is 5.92 Å². The van der Waals surface area contributed by atoms with Crippen LogP contribution in [0.1, 0.15) is 24.5 Å². The molecular formula is C20H20BrNO5S. The Kier molecular flexibility index (Phi) is 5.90. The van der Waals surface area contributed by atoms with Crippen LogP contribution in [0.3, 0.4) is 0 Å². The molecule has 1 unspecified atom stereocenters. The minimum atomic E-state index is -4.12. The van der Waals surface area contributed by atoms with Gasteiger partial charge in [-0.25, -0.2) is 12.7 Å². The molecule has 0 radical (unpaired) electrons. The summed E-state index contributed by atoms with van der Waals surface area (Å²) in [6.07, 6.45) is -0.0184. The zero-order chi connectivity index (χ0) is 20.5. The summed E-state index contributed by atoms with van der Waals surface area (Å²) in [6, 6.07) is 11.3. The highest BCUT2D eigenvalue weighted by Gasteiger charge is 2.38. The van der Waals surface area contributed by atoms with Crippen molar-refractivity contribution in [2.75, 3.05) is 10.9 Å². The number of fused-ring (bicyclic) bond motifs is 1. The lowest BCUT2D eigenvalue weighted by Gasteiger charge is -2.23. The second-order valence-electron chi connectivity index (χ2n) is 6.61. The maximum atomic E-state index is 13.3. The van der Waals surface area contributed by atoms with Crippen LogP contribution in [0, 0.1) is 12.8 Å². The van der Waals surface area contributed by atoms with E-state index in [9.17, 15) is 18.0 Å². The van der Waals surface area contributed by atoms with E-state index in [0.717, 1.165) is 14.3 Å². The van der Waals surface area contributed by atoms with Gasteiger partial charge >= 0.3 is 5.97 Å². The first-order valence-corrected chi connectivity index (χ1v) is 11.1. The van der Waals surface area contributed by atoms with Crippen LogP contribution in [-0.4, -0.2) is 26.9 Å². The van der Waals surface area contributed by atoms with Crippen LogP contribution in [0.4, 0.5) is 5.69 Å².